The number of rotatable bonds is 6. The van der Waals surface area contributed by atoms with Gasteiger partial charge in [0.2, 0.25) is 0 Å². The van der Waals surface area contributed by atoms with E-state index < -0.39 is 0 Å². The lowest BCUT2D eigenvalue weighted by atomic mass is 10.1. The van der Waals surface area contributed by atoms with E-state index in [4.69, 9.17) is 0 Å². The second-order valence-corrected chi connectivity index (χ2v) is 5.26. The minimum absolute atomic E-state index is 0.753. The van der Waals surface area contributed by atoms with Crippen molar-refractivity contribution >= 4 is 15.9 Å². The van der Waals surface area contributed by atoms with E-state index in [1.165, 1.54) is 5.56 Å². The number of benzene rings is 1. The third-order valence-electron chi connectivity index (χ3n) is 2.80. The third kappa shape index (κ3) is 4.40. The van der Waals surface area contributed by atoms with Crippen LogP contribution in [0, 0.1) is 0 Å². The van der Waals surface area contributed by atoms with Crippen LogP contribution >= 0.6 is 15.9 Å². The Morgan fingerprint density at radius 1 is 1.21 bits per heavy atom. The van der Waals surface area contributed by atoms with Gasteiger partial charge in [0.25, 0.3) is 0 Å². The van der Waals surface area contributed by atoms with Gasteiger partial charge in [-0.1, -0.05) is 41.1 Å². The summed E-state index contributed by atoms with van der Waals surface area (Å²) in [7, 11) is 0. The fraction of sp³-hybridized carbons (Fsp3) is 0.333. The standard InChI is InChI=1S/C15H18BrN3/c1-2-8-17-11-13-7-9-18-15(19-13)10-12-5-3-4-6-14(12)16/h3-7,9,17H,2,8,10-11H2,1H3. The SMILES string of the molecule is CCCNCc1ccnc(Cc2ccccc2Br)n1. The molecule has 2 aromatic rings. The zero-order chi connectivity index (χ0) is 13.5. The summed E-state index contributed by atoms with van der Waals surface area (Å²) in [6.45, 7) is 3.98. The molecular weight excluding hydrogens is 302 g/mol. The summed E-state index contributed by atoms with van der Waals surface area (Å²) in [6.07, 6.45) is 3.72. The lowest BCUT2D eigenvalue weighted by molar-refractivity contribution is 0.659. The molecule has 0 amide bonds. The van der Waals surface area contributed by atoms with Crippen molar-refractivity contribution in [1.29, 1.82) is 0 Å². The Morgan fingerprint density at radius 2 is 2.05 bits per heavy atom. The molecule has 0 bridgehead atoms. The molecule has 0 spiro atoms. The Morgan fingerprint density at radius 3 is 2.84 bits per heavy atom. The molecule has 2 rings (SSSR count). The molecule has 1 N–H and O–H groups in total. The molecule has 19 heavy (non-hydrogen) atoms. The third-order valence-corrected chi connectivity index (χ3v) is 3.58. The first kappa shape index (κ1) is 14.2. The Balaban J connectivity index is 2.05. The van der Waals surface area contributed by atoms with Gasteiger partial charge in [0.15, 0.2) is 0 Å². The van der Waals surface area contributed by atoms with Gasteiger partial charge in [-0.25, -0.2) is 9.97 Å². The second kappa shape index (κ2) is 7.36. The normalized spacial score (nSPS) is 10.6. The monoisotopic (exact) mass is 319 g/mol. The van der Waals surface area contributed by atoms with Crippen LogP contribution in [0.4, 0.5) is 0 Å². The van der Waals surface area contributed by atoms with Crippen LogP contribution in [0.3, 0.4) is 0 Å². The molecule has 1 aromatic carbocycles. The van der Waals surface area contributed by atoms with Crippen LogP contribution in [0.2, 0.25) is 0 Å². The van der Waals surface area contributed by atoms with E-state index in [1.807, 2.05) is 30.5 Å². The quantitative estimate of drug-likeness (QED) is 0.830. The topological polar surface area (TPSA) is 37.8 Å². The van der Waals surface area contributed by atoms with Crippen LogP contribution in [-0.2, 0) is 13.0 Å². The average Bonchev–Trinajstić information content (AvgIpc) is 2.42. The van der Waals surface area contributed by atoms with Crippen molar-refractivity contribution in [2.45, 2.75) is 26.3 Å². The van der Waals surface area contributed by atoms with Gasteiger partial charge in [-0.05, 0) is 30.7 Å². The van der Waals surface area contributed by atoms with E-state index in [0.29, 0.717) is 0 Å². The zero-order valence-electron chi connectivity index (χ0n) is 11.1. The fourth-order valence-electron chi connectivity index (χ4n) is 1.83. The molecule has 1 aromatic heterocycles. The number of halogens is 1. The van der Waals surface area contributed by atoms with Gasteiger partial charge in [-0.2, -0.15) is 0 Å². The Hall–Kier alpha value is -1.26. The molecule has 1 heterocycles. The van der Waals surface area contributed by atoms with Crippen molar-refractivity contribution in [3.63, 3.8) is 0 Å². The summed E-state index contributed by atoms with van der Waals surface area (Å²) in [5.41, 5.74) is 2.26. The highest BCUT2D eigenvalue weighted by molar-refractivity contribution is 9.10. The number of aromatic nitrogens is 2. The van der Waals surface area contributed by atoms with E-state index >= 15 is 0 Å². The van der Waals surface area contributed by atoms with Crippen LogP contribution < -0.4 is 5.32 Å². The van der Waals surface area contributed by atoms with Gasteiger partial charge in [0, 0.05) is 23.6 Å². The highest BCUT2D eigenvalue weighted by Crippen LogP contribution is 2.18. The lowest BCUT2D eigenvalue weighted by Gasteiger charge is -2.06. The molecule has 100 valence electrons. The van der Waals surface area contributed by atoms with E-state index in [1.54, 1.807) is 0 Å². The first-order valence-electron chi connectivity index (χ1n) is 6.54. The number of nitrogens with zero attached hydrogens (tertiary/aromatic N) is 2. The maximum atomic E-state index is 4.59. The van der Waals surface area contributed by atoms with Crippen LogP contribution in [0.15, 0.2) is 41.0 Å². The van der Waals surface area contributed by atoms with Gasteiger partial charge in [-0.3, -0.25) is 0 Å². The lowest BCUT2D eigenvalue weighted by Crippen LogP contribution is -2.15. The van der Waals surface area contributed by atoms with Crippen molar-refractivity contribution in [3.05, 3.63) is 58.1 Å². The predicted molar refractivity (Wildman–Crippen MR) is 81.0 cm³/mol. The fourth-order valence-corrected chi connectivity index (χ4v) is 2.26. The second-order valence-electron chi connectivity index (χ2n) is 4.41. The van der Waals surface area contributed by atoms with Crippen molar-refractivity contribution in [3.8, 4) is 0 Å². The number of hydrogen-bond donors (Lipinski definition) is 1. The largest absolute Gasteiger partial charge is 0.311 e. The van der Waals surface area contributed by atoms with E-state index in [0.717, 1.165) is 41.9 Å². The molecule has 0 atom stereocenters. The van der Waals surface area contributed by atoms with Crippen LogP contribution in [0.5, 0.6) is 0 Å². The zero-order valence-corrected chi connectivity index (χ0v) is 12.7. The Labute approximate surface area is 122 Å². The molecule has 0 saturated carbocycles. The number of nitrogens with one attached hydrogen (secondary N) is 1. The van der Waals surface area contributed by atoms with E-state index in [9.17, 15) is 0 Å². The summed E-state index contributed by atoms with van der Waals surface area (Å²) >= 11 is 3.56. The molecule has 3 nitrogen and oxygen atoms in total. The van der Waals surface area contributed by atoms with Crippen LogP contribution in [-0.4, -0.2) is 16.5 Å². The molecule has 0 unspecified atom stereocenters. The van der Waals surface area contributed by atoms with E-state index in [2.05, 4.69) is 44.2 Å². The molecule has 0 aliphatic carbocycles. The minimum Gasteiger partial charge on any atom is -0.311 e. The van der Waals surface area contributed by atoms with Crippen molar-refractivity contribution in [2.24, 2.45) is 0 Å². The maximum Gasteiger partial charge on any atom is 0.132 e. The molecule has 0 aliphatic heterocycles. The van der Waals surface area contributed by atoms with Crippen molar-refractivity contribution in [1.82, 2.24) is 15.3 Å². The van der Waals surface area contributed by atoms with E-state index in [-0.39, 0.29) is 0 Å². The van der Waals surface area contributed by atoms with Crippen molar-refractivity contribution in [2.75, 3.05) is 6.54 Å². The van der Waals surface area contributed by atoms with Gasteiger partial charge in [0.05, 0.1) is 5.69 Å². The van der Waals surface area contributed by atoms with Crippen LogP contribution in [0.1, 0.15) is 30.4 Å². The Kier molecular flexibility index (Phi) is 5.48. The molecule has 0 aliphatic rings. The Bertz CT molecular complexity index is 528. The highest BCUT2D eigenvalue weighted by atomic mass is 79.9. The molecular formula is C15H18BrN3. The van der Waals surface area contributed by atoms with Crippen LogP contribution in [0.25, 0.3) is 0 Å². The molecule has 0 saturated heterocycles. The van der Waals surface area contributed by atoms with Gasteiger partial charge in [-0.15, -0.1) is 0 Å². The summed E-state index contributed by atoms with van der Waals surface area (Å²) < 4.78 is 1.10. The van der Waals surface area contributed by atoms with Gasteiger partial charge >= 0.3 is 0 Å². The van der Waals surface area contributed by atoms with Gasteiger partial charge < -0.3 is 5.32 Å². The smallest absolute Gasteiger partial charge is 0.132 e. The predicted octanol–water partition coefficient (Wildman–Crippen LogP) is 3.33. The molecule has 4 heteroatoms. The summed E-state index contributed by atoms with van der Waals surface area (Å²) in [4.78, 5) is 8.93. The highest BCUT2D eigenvalue weighted by Gasteiger charge is 2.04. The van der Waals surface area contributed by atoms with Gasteiger partial charge in [0.1, 0.15) is 5.82 Å². The summed E-state index contributed by atoms with van der Waals surface area (Å²) in [5, 5.41) is 3.35. The molecule has 0 radical (unpaired) electrons. The average molecular weight is 320 g/mol. The maximum absolute atomic E-state index is 4.59. The van der Waals surface area contributed by atoms with Crippen molar-refractivity contribution < 1.29 is 0 Å². The first-order valence-corrected chi connectivity index (χ1v) is 7.34. The summed E-state index contributed by atoms with van der Waals surface area (Å²) in [6, 6.07) is 10.1. The minimum atomic E-state index is 0.753. The summed E-state index contributed by atoms with van der Waals surface area (Å²) in [5.74, 6) is 0.864. The molecule has 0 fully saturated rings. The first-order chi connectivity index (χ1) is 9.29. The number of hydrogen-bond acceptors (Lipinski definition) is 3.